The van der Waals surface area contributed by atoms with Crippen LogP contribution in [0.1, 0.15) is 12.0 Å². The van der Waals surface area contributed by atoms with Crippen LogP contribution in [0.25, 0.3) is 0 Å². The molecule has 4 heteroatoms. The lowest BCUT2D eigenvalue weighted by molar-refractivity contribution is -0.117. The van der Waals surface area contributed by atoms with E-state index in [1.807, 2.05) is 37.1 Å². The summed E-state index contributed by atoms with van der Waals surface area (Å²) in [4.78, 5) is 13.7. The first kappa shape index (κ1) is 11.6. The maximum absolute atomic E-state index is 11.9. The number of nitrogens with one attached hydrogen (secondary N) is 1. The molecule has 1 unspecified atom stereocenters. The molecule has 1 heterocycles. The Labute approximate surface area is 104 Å². The first-order valence-electron chi connectivity index (χ1n) is 5.35. The molecule has 2 rings (SSSR count). The Morgan fingerprint density at radius 1 is 1.50 bits per heavy atom. The van der Waals surface area contributed by atoms with Crippen LogP contribution < -0.4 is 10.2 Å². The third-order valence-electron chi connectivity index (χ3n) is 3.00. The summed E-state index contributed by atoms with van der Waals surface area (Å²) in [5.74, 6) is 0.195. The van der Waals surface area contributed by atoms with Crippen LogP contribution in [0.5, 0.6) is 0 Å². The third kappa shape index (κ3) is 2.13. The highest BCUT2D eigenvalue weighted by atomic mass is 79.9. The molecule has 1 aliphatic heterocycles. The van der Waals surface area contributed by atoms with E-state index in [-0.39, 0.29) is 11.9 Å². The van der Waals surface area contributed by atoms with Gasteiger partial charge in [-0.15, -0.1) is 0 Å². The van der Waals surface area contributed by atoms with E-state index < -0.39 is 0 Å². The van der Waals surface area contributed by atoms with E-state index in [2.05, 4.69) is 21.2 Å². The molecule has 86 valence electrons. The summed E-state index contributed by atoms with van der Waals surface area (Å²) in [6, 6.07) is 6.30. The third-order valence-corrected chi connectivity index (χ3v) is 3.49. The second-order valence-electron chi connectivity index (χ2n) is 4.12. The van der Waals surface area contributed by atoms with Crippen LogP contribution in [0.4, 0.5) is 5.69 Å². The Morgan fingerprint density at radius 3 is 2.88 bits per heavy atom. The van der Waals surface area contributed by atoms with Gasteiger partial charge in [0, 0.05) is 29.2 Å². The fourth-order valence-corrected chi connectivity index (χ4v) is 2.36. The van der Waals surface area contributed by atoms with Crippen LogP contribution in [-0.4, -0.2) is 25.5 Å². The molecule has 1 aromatic carbocycles. The van der Waals surface area contributed by atoms with E-state index >= 15 is 0 Å². The Morgan fingerprint density at radius 2 is 2.25 bits per heavy atom. The zero-order valence-corrected chi connectivity index (χ0v) is 11.0. The van der Waals surface area contributed by atoms with Gasteiger partial charge in [0.05, 0.1) is 0 Å². The minimum atomic E-state index is 0.195. The Bertz CT molecular complexity index is 419. The maximum atomic E-state index is 11.9. The molecule has 0 radical (unpaired) electrons. The number of anilines is 1. The molecular formula is C12H15BrN2O. The van der Waals surface area contributed by atoms with Crippen LogP contribution in [0.15, 0.2) is 22.7 Å². The van der Waals surface area contributed by atoms with E-state index in [0.717, 1.165) is 22.3 Å². The highest BCUT2D eigenvalue weighted by Gasteiger charge is 2.30. The first-order chi connectivity index (χ1) is 7.61. The Kier molecular flexibility index (Phi) is 3.30. The fraction of sp³-hybridized carbons (Fsp3) is 0.417. The van der Waals surface area contributed by atoms with Crippen molar-refractivity contribution in [2.75, 3.05) is 18.5 Å². The summed E-state index contributed by atoms with van der Waals surface area (Å²) >= 11 is 3.44. The normalized spacial score (nSPS) is 20.6. The second kappa shape index (κ2) is 4.55. The molecule has 1 fully saturated rings. The van der Waals surface area contributed by atoms with Crippen molar-refractivity contribution >= 4 is 27.5 Å². The number of hydrogen-bond donors (Lipinski definition) is 1. The van der Waals surface area contributed by atoms with Crippen molar-refractivity contribution in [2.24, 2.45) is 0 Å². The standard InChI is InChI=1S/C12H15BrN2O/c1-8-3-4-9(13)5-11(8)15-7-10(14-2)6-12(15)16/h3-5,10,14H,6-7H2,1-2H3. The van der Waals surface area contributed by atoms with E-state index in [1.54, 1.807) is 0 Å². The molecule has 16 heavy (non-hydrogen) atoms. The van der Waals surface area contributed by atoms with Gasteiger partial charge in [0.25, 0.3) is 0 Å². The average Bonchev–Trinajstić information content (AvgIpc) is 2.63. The first-order valence-corrected chi connectivity index (χ1v) is 6.15. The number of halogens is 1. The molecule has 1 atom stereocenters. The van der Waals surface area contributed by atoms with Crippen LogP contribution >= 0.6 is 15.9 Å². The van der Waals surface area contributed by atoms with Crippen LogP contribution in [0.2, 0.25) is 0 Å². The molecule has 0 aromatic heterocycles. The van der Waals surface area contributed by atoms with Gasteiger partial charge < -0.3 is 10.2 Å². The highest BCUT2D eigenvalue weighted by molar-refractivity contribution is 9.10. The second-order valence-corrected chi connectivity index (χ2v) is 5.04. The number of rotatable bonds is 2. The van der Waals surface area contributed by atoms with Gasteiger partial charge in [-0.05, 0) is 31.7 Å². The SMILES string of the molecule is CNC1CC(=O)N(c2cc(Br)ccc2C)C1. The van der Waals surface area contributed by atoms with Gasteiger partial charge in [-0.1, -0.05) is 22.0 Å². The molecule has 0 saturated carbocycles. The molecule has 1 N–H and O–H groups in total. The van der Waals surface area contributed by atoms with E-state index in [1.165, 1.54) is 0 Å². The number of carbonyl (C=O) groups is 1. The van der Waals surface area contributed by atoms with Crippen molar-refractivity contribution in [3.8, 4) is 0 Å². The van der Waals surface area contributed by atoms with Crippen molar-refractivity contribution in [1.29, 1.82) is 0 Å². The van der Waals surface area contributed by atoms with E-state index in [4.69, 9.17) is 0 Å². The Hall–Kier alpha value is -0.870. The molecule has 1 saturated heterocycles. The topological polar surface area (TPSA) is 32.3 Å². The summed E-state index contributed by atoms with van der Waals surface area (Å²) in [7, 11) is 1.90. The number of aryl methyl sites for hydroxylation is 1. The fourth-order valence-electron chi connectivity index (χ4n) is 2.01. The minimum absolute atomic E-state index is 0.195. The average molecular weight is 283 g/mol. The molecule has 1 aromatic rings. The number of hydrogen-bond acceptors (Lipinski definition) is 2. The number of benzene rings is 1. The maximum Gasteiger partial charge on any atom is 0.228 e. The lowest BCUT2D eigenvalue weighted by Gasteiger charge is -2.19. The summed E-state index contributed by atoms with van der Waals surface area (Å²) < 4.78 is 1.01. The van der Waals surface area contributed by atoms with Crippen molar-refractivity contribution in [3.05, 3.63) is 28.2 Å². The summed E-state index contributed by atoms with van der Waals surface area (Å²) in [5, 5.41) is 3.15. The molecule has 1 aliphatic rings. The highest BCUT2D eigenvalue weighted by Crippen LogP contribution is 2.28. The van der Waals surface area contributed by atoms with Gasteiger partial charge in [0.15, 0.2) is 0 Å². The predicted molar refractivity (Wildman–Crippen MR) is 68.7 cm³/mol. The predicted octanol–water partition coefficient (Wildman–Crippen LogP) is 2.08. The molecular weight excluding hydrogens is 268 g/mol. The number of nitrogens with zero attached hydrogens (tertiary/aromatic N) is 1. The molecule has 0 aliphatic carbocycles. The smallest absolute Gasteiger partial charge is 0.228 e. The van der Waals surface area contributed by atoms with Crippen molar-refractivity contribution < 1.29 is 4.79 Å². The summed E-state index contributed by atoms with van der Waals surface area (Å²) in [6.07, 6.45) is 0.586. The monoisotopic (exact) mass is 282 g/mol. The van der Waals surface area contributed by atoms with Crippen molar-refractivity contribution in [2.45, 2.75) is 19.4 Å². The van der Waals surface area contributed by atoms with Gasteiger partial charge in [-0.25, -0.2) is 0 Å². The molecule has 3 nitrogen and oxygen atoms in total. The zero-order chi connectivity index (χ0) is 11.7. The largest absolute Gasteiger partial charge is 0.315 e. The zero-order valence-electron chi connectivity index (χ0n) is 9.46. The Balaban J connectivity index is 2.30. The number of amides is 1. The van der Waals surface area contributed by atoms with Gasteiger partial charge >= 0.3 is 0 Å². The number of carbonyl (C=O) groups excluding carboxylic acids is 1. The van der Waals surface area contributed by atoms with Gasteiger partial charge in [0.2, 0.25) is 5.91 Å². The van der Waals surface area contributed by atoms with Gasteiger partial charge in [-0.2, -0.15) is 0 Å². The summed E-state index contributed by atoms with van der Waals surface area (Å²) in [5.41, 5.74) is 2.14. The quantitative estimate of drug-likeness (QED) is 0.901. The minimum Gasteiger partial charge on any atom is -0.315 e. The van der Waals surface area contributed by atoms with Crippen molar-refractivity contribution in [3.63, 3.8) is 0 Å². The van der Waals surface area contributed by atoms with Gasteiger partial charge in [-0.3, -0.25) is 4.79 Å². The van der Waals surface area contributed by atoms with Crippen LogP contribution in [0, 0.1) is 6.92 Å². The van der Waals surface area contributed by atoms with E-state index in [9.17, 15) is 4.79 Å². The van der Waals surface area contributed by atoms with Crippen LogP contribution in [-0.2, 0) is 4.79 Å². The van der Waals surface area contributed by atoms with Crippen molar-refractivity contribution in [1.82, 2.24) is 5.32 Å². The molecule has 0 bridgehead atoms. The number of likely N-dealkylation sites (N-methyl/N-ethyl adjacent to an activating group) is 1. The van der Waals surface area contributed by atoms with Gasteiger partial charge in [0.1, 0.15) is 0 Å². The molecule has 1 amide bonds. The molecule has 0 spiro atoms. The van der Waals surface area contributed by atoms with E-state index in [0.29, 0.717) is 6.42 Å². The lowest BCUT2D eigenvalue weighted by atomic mass is 10.2. The van der Waals surface area contributed by atoms with Crippen LogP contribution in [0.3, 0.4) is 0 Å². The lowest BCUT2D eigenvalue weighted by Crippen LogP contribution is -2.30. The summed E-state index contributed by atoms with van der Waals surface area (Å²) in [6.45, 7) is 2.79.